The first-order valence-electron chi connectivity index (χ1n) is 45.6. The first kappa shape index (κ1) is 72.8. The lowest BCUT2D eigenvalue weighted by atomic mass is 9.72. The summed E-state index contributed by atoms with van der Waals surface area (Å²) in [6.45, 7) is 19.5. The highest BCUT2D eigenvalue weighted by molar-refractivity contribution is 6.27. The molecule has 21 aromatic carbocycles. The van der Waals surface area contributed by atoms with E-state index in [1.54, 1.807) is 0 Å². The normalized spacial score (nSPS) is 14.6. The molecule has 0 N–H and O–H groups in total. The smallest absolute Gasteiger partial charge is 0.144 e. The van der Waals surface area contributed by atoms with E-state index in [9.17, 15) is 0 Å². The maximum atomic E-state index is 7.14. The first-order chi connectivity index (χ1) is 63.0. The van der Waals surface area contributed by atoms with E-state index in [0.717, 1.165) is 82.9 Å². The first-order valence-corrected chi connectivity index (χ1v) is 45.6. The number of rotatable bonds is 7. The van der Waals surface area contributed by atoms with Gasteiger partial charge in [0.05, 0.1) is 0 Å². The highest BCUT2D eigenvalue weighted by Gasteiger charge is 2.51. The molecule has 0 amide bonds. The van der Waals surface area contributed by atoms with Crippen molar-refractivity contribution in [3.05, 3.63) is 408 Å². The fourth-order valence-corrected chi connectivity index (χ4v) is 25.1. The third-order valence-electron chi connectivity index (χ3n) is 30.8. The van der Waals surface area contributed by atoms with Crippen molar-refractivity contribution in [3.63, 3.8) is 0 Å². The summed E-state index contributed by atoms with van der Waals surface area (Å²) >= 11 is 0. The molecule has 0 radical (unpaired) electrons. The minimum absolute atomic E-state index is 0.232. The molecule has 3 nitrogen and oxygen atoms in total. The van der Waals surface area contributed by atoms with Gasteiger partial charge < -0.3 is 13.3 Å². The van der Waals surface area contributed by atoms with E-state index >= 15 is 0 Å². The van der Waals surface area contributed by atoms with E-state index in [-0.39, 0.29) is 21.7 Å². The summed E-state index contributed by atoms with van der Waals surface area (Å²) in [4.78, 5) is 0. The number of benzene rings is 21. The number of hydrogen-bond donors (Lipinski definition) is 0. The Morgan fingerprint density at radius 2 is 0.488 bits per heavy atom. The van der Waals surface area contributed by atoms with E-state index < -0.39 is 0 Å². The average Bonchev–Trinajstić information content (AvgIpc) is 1.50. The van der Waals surface area contributed by atoms with Gasteiger partial charge in [-0.3, -0.25) is 0 Å². The van der Waals surface area contributed by atoms with Crippen LogP contribution in [0.25, 0.3) is 253 Å². The second-order valence-corrected chi connectivity index (χ2v) is 39.1. The maximum absolute atomic E-state index is 7.14. The monoisotopic (exact) mass is 1640 g/mol. The quantitative estimate of drug-likeness (QED) is 0.149. The third kappa shape index (κ3) is 9.81. The van der Waals surface area contributed by atoms with Gasteiger partial charge in [0.1, 0.15) is 33.5 Å². The Bertz CT molecular complexity index is 9130. The van der Waals surface area contributed by atoms with Gasteiger partial charge in [0.25, 0.3) is 0 Å². The van der Waals surface area contributed by atoms with E-state index in [2.05, 4.69) is 419 Å². The van der Waals surface area contributed by atoms with Crippen LogP contribution in [0.2, 0.25) is 0 Å². The molecule has 0 unspecified atom stereocenters. The molecule has 4 aliphatic carbocycles. The summed E-state index contributed by atoms with van der Waals surface area (Å²) in [5.74, 6) is 0. The lowest BCUT2D eigenvalue weighted by Gasteiger charge is -2.31. The van der Waals surface area contributed by atoms with Gasteiger partial charge in [-0.1, -0.05) is 334 Å². The lowest BCUT2D eigenvalue weighted by molar-refractivity contribution is 0.600. The highest BCUT2D eigenvalue weighted by Crippen LogP contribution is 2.67. The van der Waals surface area contributed by atoms with Crippen molar-refractivity contribution in [2.24, 2.45) is 0 Å². The van der Waals surface area contributed by atoms with Gasteiger partial charge in [0.15, 0.2) is 0 Å². The van der Waals surface area contributed by atoms with Crippen molar-refractivity contribution >= 4 is 130 Å². The highest BCUT2D eigenvalue weighted by atomic mass is 16.3. The molecule has 3 heteroatoms. The predicted molar refractivity (Wildman–Crippen MR) is 542 cm³/mol. The molecule has 0 atom stereocenters. The standard InChI is InChI=1S/C126H84O3/c1-123(2)99-42-24-20-38-91(99)111-113-95-40-22-26-44-103(95)128-121(113)115-93-55-52-76(66-101(93)125(5,6)119(115)117(111)123)108-85-32-14-12-30-83(85)107(84-31-13-15-33-86(84)108)75-54-57-105-97(64-75)98-65-81-59-72(50-51-74(81)68-106(98)127-105)71-48-46-70-47-49-73(60-78(70)58-71)80-61-79(69-28-10-9-11-29-69)62-82(63-80)110-89-36-18-16-34-87(89)109(88-35-17-19-37-90(88)110)77-53-56-94-102(67-77)126(7,8)120-116(94)122-114(96-41-23-27-45-104(96)129-122)112-92-39-21-25-43-100(92)124(3,4)118(112)120/h9-68H,1-8H3. The Morgan fingerprint density at radius 3 is 0.961 bits per heavy atom. The molecule has 0 bridgehead atoms. The molecule has 129 heavy (non-hydrogen) atoms. The molecule has 0 aliphatic heterocycles. The van der Waals surface area contributed by atoms with E-state index in [4.69, 9.17) is 13.3 Å². The van der Waals surface area contributed by atoms with Crippen LogP contribution >= 0.6 is 0 Å². The number of furan rings is 3. The van der Waals surface area contributed by atoms with Crippen molar-refractivity contribution in [2.45, 2.75) is 77.0 Å². The van der Waals surface area contributed by atoms with Crippen LogP contribution in [0.4, 0.5) is 0 Å². The third-order valence-corrected chi connectivity index (χ3v) is 30.8. The molecule has 0 fully saturated rings. The second-order valence-electron chi connectivity index (χ2n) is 39.1. The number of para-hydroxylation sites is 2. The van der Waals surface area contributed by atoms with Crippen molar-refractivity contribution in [3.8, 4) is 122 Å². The summed E-state index contributed by atoms with van der Waals surface area (Å²) in [6.07, 6.45) is 0. The Kier molecular flexibility index (Phi) is 14.5. The van der Waals surface area contributed by atoms with E-state index in [0.29, 0.717) is 0 Å². The van der Waals surface area contributed by atoms with Gasteiger partial charge in [-0.25, -0.2) is 0 Å². The van der Waals surface area contributed by atoms with Gasteiger partial charge in [0, 0.05) is 65.1 Å². The number of fused-ring (bicyclic) bond motifs is 33. The molecule has 3 aromatic heterocycles. The van der Waals surface area contributed by atoms with Gasteiger partial charge in [-0.2, -0.15) is 0 Å². The fourth-order valence-electron chi connectivity index (χ4n) is 25.1. The zero-order valence-electron chi connectivity index (χ0n) is 72.9. The van der Waals surface area contributed by atoms with Crippen LogP contribution in [0.1, 0.15) is 99.9 Å². The second kappa shape index (κ2) is 25.7. The Morgan fingerprint density at radius 1 is 0.163 bits per heavy atom. The summed E-state index contributed by atoms with van der Waals surface area (Å²) < 4.78 is 21.1. The Labute approximate surface area is 746 Å². The summed E-state index contributed by atoms with van der Waals surface area (Å²) in [5, 5.41) is 21.4. The van der Waals surface area contributed by atoms with Crippen LogP contribution in [0.15, 0.2) is 377 Å². The predicted octanol–water partition coefficient (Wildman–Crippen LogP) is 35.2. The molecule has 0 spiro atoms. The topological polar surface area (TPSA) is 39.4 Å². The average molecular weight is 1650 g/mol. The molecule has 28 rings (SSSR count). The van der Waals surface area contributed by atoms with Crippen molar-refractivity contribution < 1.29 is 13.3 Å². The van der Waals surface area contributed by atoms with E-state index in [1.165, 1.54) is 214 Å². The van der Waals surface area contributed by atoms with Gasteiger partial charge in [-0.05, 0) is 305 Å². The van der Waals surface area contributed by atoms with Crippen LogP contribution in [0, 0.1) is 0 Å². The molecule has 0 saturated carbocycles. The van der Waals surface area contributed by atoms with Gasteiger partial charge >= 0.3 is 0 Å². The van der Waals surface area contributed by atoms with E-state index in [1.807, 2.05) is 0 Å². The van der Waals surface area contributed by atoms with Gasteiger partial charge in [0.2, 0.25) is 0 Å². The molecule has 4 aliphatic rings. The largest absolute Gasteiger partial charge is 0.456 e. The molecule has 606 valence electrons. The van der Waals surface area contributed by atoms with Crippen LogP contribution in [-0.4, -0.2) is 0 Å². The fraction of sp³-hybridized carbons (Fsp3) is 0.0952. The van der Waals surface area contributed by atoms with Crippen molar-refractivity contribution in [1.82, 2.24) is 0 Å². The lowest BCUT2D eigenvalue weighted by Crippen LogP contribution is -2.24. The molecular formula is C126H84O3. The Balaban J connectivity index is 0.535. The van der Waals surface area contributed by atoms with Crippen LogP contribution in [-0.2, 0) is 21.7 Å². The Hall–Kier alpha value is -15.4. The minimum atomic E-state index is -0.358. The molecular weight excluding hydrogens is 1560 g/mol. The summed E-state index contributed by atoms with van der Waals surface area (Å²) in [5.41, 5.74) is 42.3. The van der Waals surface area contributed by atoms with Crippen molar-refractivity contribution in [2.75, 3.05) is 0 Å². The van der Waals surface area contributed by atoms with Crippen LogP contribution in [0.3, 0.4) is 0 Å². The van der Waals surface area contributed by atoms with Crippen LogP contribution in [0.5, 0.6) is 0 Å². The molecule has 3 heterocycles. The zero-order valence-corrected chi connectivity index (χ0v) is 72.9. The number of hydrogen-bond acceptors (Lipinski definition) is 3. The molecule has 24 aromatic rings. The minimum Gasteiger partial charge on any atom is -0.456 e. The van der Waals surface area contributed by atoms with Crippen molar-refractivity contribution in [1.29, 1.82) is 0 Å². The SMILES string of the molecule is CC1(C)c2cc(-c3c4ccccc4c(-c4cc(-c5ccccc5)cc(-c5ccc6ccc(-c7ccc8cc9oc%10ccc(-c%11c%12ccccc%12c(-c%12ccc%13c(c%12)C(C)(C)c%12c%14c(c%15c(oc%16ccccc%16%15)c%12-%13)-c%12ccccc%12C%14(C)C)c%12ccccc%11%12)cc%10c9cc8c7)cc6c5)c4)c4ccccc34)ccc2-c2c1c1c(c3c2oc2ccccc23)-c2ccccc2C1(C)C. The van der Waals surface area contributed by atoms with Gasteiger partial charge in [-0.15, -0.1) is 0 Å². The summed E-state index contributed by atoms with van der Waals surface area (Å²) in [6, 6.07) is 137. The summed E-state index contributed by atoms with van der Waals surface area (Å²) in [7, 11) is 0. The molecule has 0 saturated heterocycles. The van der Waals surface area contributed by atoms with Crippen LogP contribution < -0.4 is 0 Å². The maximum Gasteiger partial charge on any atom is 0.144 e. The zero-order chi connectivity index (χ0) is 85.7.